The lowest BCUT2D eigenvalue weighted by atomic mass is 10.0. The van der Waals surface area contributed by atoms with Crippen molar-refractivity contribution in [2.24, 2.45) is 11.7 Å². The van der Waals surface area contributed by atoms with Gasteiger partial charge in [-0.15, -0.1) is 0 Å². The molecule has 4 atom stereocenters. The van der Waals surface area contributed by atoms with Gasteiger partial charge in [-0.25, -0.2) is 4.79 Å². The van der Waals surface area contributed by atoms with Crippen LogP contribution in [0, 0.1) is 5.92 Å². The van der Waals surface area contributed by atoms with Gasteiger partial charge in [-0.3, -0.25) is 19.2 Å². The molecule has 0 saturated heterocycles. The highest BCUT2D eigenvalue weighted by Gasteiger charge is 2.31. The van der Waals surface area contributed by atoms with Crippen LogP contribution in [0.4, 0.5) is 0 Å². The molecule has 0 radical (unpaired) electrons. The minimum absolute atomic E-state index is 0.0633. The highest BCUT2D eigenvalue weighted by atomic mass is 32.2. The summed E-state index contributed by atoms with van der Waals surface area (Å²) < 4.78 is 0. The van der Waals surface area contributed by atoms with Crippen LogP contribution in [0.3, 0.4) is 0 Å². The van der Waals surface area contributed by atoms with Gasteiger partial charge in [0, 0.05) is 29.9 Å². The number of carboxylic acids is 2. The standard InChI is InChI=1S/C26H37N5O7S/c1-14(2)22(26(37)38)31-24(35)19(10-11-39-3)29-25(36)20(30-23(34)17(27)8-9-21(32)33)12-15-13-28-18-7-5-4-6-16(15)18/h4-7,13-14,17,19-20,22,28H,8-12,27H2,1-3H3,(H,29,36)(H,30,34)(H,31,35)(H,32,33)(H,37,38). The maximum Gasteiger partial charge on any atom is 0.326 e. The molecule has 12 nitrogen and oxygen atoms in total. The van der Waals surface area contributed by atoms with E-state index in [1.165, 1.54) is 11.8 Å². The molecule has 0 fully saturated rings. The molecule has 39 heavy (non-hydrogen) atoms. The van der Waals surface area contributed by atoms with Crippen LogP contribution in [-0.2, 0) is 30.4 Å². The molecule has 2 aromatic rings. The number of amides is 3. The number of carbonyl (C=O) groups excluding carboxylic acids is 3. The maximum absolute atomic E-state index is 13.5. The topological polar surface area (TPSA) is 204 Å². The molecule has 0 saturated carbocycles. The molecule has 0 aliphatic rings. The Morgan fingerprint density at radius 3 is 2.21 bits per heavy atom. The Morgan fingerprint density at radius 2 is 1.59 bits per heavy atom. The molecule has 0 aliphatic heterocycles. The number of nitrogens with two attached hydrogens (primary N) is 1. The van der Waals surface area contributed by atoms with Crippen molar-refractivity contribution < 1.29 is 34.2 Å². The van der Waals surface area contributed by atoms with Gasteiger partial charge in [0.05, 0.1) is 6.04 Å². The molecule has 0 aliphatic carbocycles. The molecule has 214 valence electrons. The average Bonchev–Trinajstić information content (AvgIpc) is 3.29. The van der Waals surface area contributed by atoms with Gasteiger partial charge in [-0.1, -0.05) is 32.0 Å². The number of carboxylic acid groups (broad SMARTS) is 2. The summed E-state index contributed by atoms with van der Waals surface area (Å²) in [5.74, 6) is -4.16. The van der Waals surface area contributed by atoms with Crippen molar-refractivity contribution in [3.8, 4) is 0 Å². The number of thioether (sulfide) groups is 1. The predicted molar refractivity (Wildman–Crippen MR) is 148 cm³/mol. The zero-order chi connectivity index (χ0) is 29.1. The lowest BCUT2D eigenvalue weighted by molar-refractivity contribution is -0.143. The van der Waals surface area contributed by atoms with Crippen LogP contribution in [0.1, 0.15) is 38.7 Å². The van der Waals surface area contributed by atoms with E-state index in [2.05, 4.69) is 20.9 Å². The van der Waals surface area contributed by atoms with E-state index >= 15 is 0 Å². The number of hydrogen-bond donors (Lipinski definition) is 7. The first kappa shape index (κ1) is 31.6. The lowest BCUT2D eigenvalue weighted by Crippen LogP contribution is -2.58. The van der Waals surface area contributed by atoms with E-state index in [9.17, 15) is 29.1 Å². The fourth-order valence-electron chi connectivity index (χ4n) is 3.96. The molecule has 0 bridgehead atoms. The molecule has 0 spiro atoms. The highest BCUT2D eigenvalue weighted by Crippen LogP contribution is 2.19. The number of carbonyl (C=O) groups is 5. The Labute approximate surface area is 230 Å². The quantitative estimate of drug-likeness (QED) is 0.154. The van der Waals surface area contributed by atoms with Gasteiger partial charge in [0.15, 0.2) is 0 Å². The minimum atomic E-state index is -1.19. The van der Waals surface area contributed by atoms with Crippen LogP contribution in [0.15, 0.2) is 30.5 Å². The highest BCUT2D eigenvalue weighted by molar-refractivity contribution is 7.98. The third-order valence-corrected chi connectivity index (χ3v) is 6.86. The van der Waals surface area contributed by atoms with Crippen LogP contribution in [0.2, 0.25) is 0 Å². The van der Waals surface area contributed by atoms with Crippen molar-refractivity contribution in [1.29, 1.82) is 0 Å². The normalized spacial score (nSPS) is 14.3. The molecule has 3 amide bonds. The molecule has 8 N–H and O–H groups in total. The average molecular weight is 564 g/mol. The van der Waals surface area contributed by atoms with E-state index in [1.54, 1.807) is 20.0 Å². The van der Waals surface area contributed by atoms with Crippen molar-refractivity contribution in [3.05, 3.63) is 36.0 Å². The number of H-pyrrole nitrogens is 1. The molecule has 1 aromatic carbocycles. The van der Waals surface area contributed by atoms with Crippen LogP contribution < -0.4 is 21.7 Å². The summed E-state index contributed by atoms with van der Waals surface area (Å²) in [5, 5.41) is 27.0. The van der Waals surface area contributed by atoms with Gasteiger partial charge in [-0.05, 0) is 42.4 Å². The monoisotopic (exact) mass is 563 g/mol. The number of nitrogens with one attached hydrogen (secondary N) is 4. The largest absolute Gasteiger partial charge is 0.481 e. The van der Waals surface area contributed by atoms with Crippen molar-refractivity contribution in [2.45, 2.75) is 63.7 Å². The second-order valence-corrected chi connectivity index (χ2v) is 10.6. The van der Waals surface area contributed by atoms with E-state index in [4.69, 9.17) is 10.8 Å². The van der Waals surface area contributed by atoms with Gasteiger partial charge in [0.1, 0.15) is 18.1 Å². The summed E-state index contributed by atoms with van der Waals surface area (Å²) in [7, 11) is 0. The van der Waals surface area contributed by atoms with Gasteiger partial charge < -0.3 is 36.9 Å². The number of aromatic amines is 1. The number of aromatic nitrogens is 1. The number of aliphatic carboxylic acids is 2. The van der Waals surface area contributed by atoms with Crippen LogP contribution in [0.5, 0.6) is 0 Å². The van der Waals surface area contributed by atoms with E-state index in [0.29, 0.717) is 5.75 Å². The lowest BCUT2D eigenvalue weighted by Gasteiger charge is -2.26. The molecular weight excluding hydrogens is 526 g/mol. The third kappa shape index (κ3) is 9.59. The van der Waals surface area contributed by atoms with Crippen LogP contribution in [-0.4, -0.2) is 81.0 Å². The summed E-state index contributed by atoms with van der Waals surface area (Å²) in [6.45, 7) is 3.32. The van der Waals surface area contributed by atoms with E-state index in [1.807, 2.05) is 30.5 Å². The second-order valence-electron chi connectivity index (χ2n) is 9.57. The van der Waals surface area contributed by atoms with E-state index < -0.39 is 53.8 Å². The number of fused-ring (bicyclic) bond motifs is 1. The molecule has 1 heterocycles. The summed E-state index contributed by atoms with van der Waals surface area (Å²) >= 11 is 1.46. The van der Waals surface area contributed by atoms with Crippen LogP contribution in [0.25, 0.3) is 10.9 Å². The van der Waals surface area contributed by atoms with Crippen LogP contribution >= 0.6 is 11.8 Å². The Bertz CT molecular complexity index is 1170. The molecule has 2 rings (SSSR count). The molecule has 4 unspecified atom stereocenters. The predicted octanol–water partition coefficient (Wildman–Crippen LogP) is 0.851. The van der Waals surface area contributed by atoms with Crippen molar-refractivity contribution in [3.63, 3.8) is 0 Å². The fourth-order valence-corrected chi connectivity index (χ4v) is 4.43. The summed E-state index contributed by atoms with van der Waals surface area (Å²) in [4.78, 5) is 64.9. The third-order valence-electron chi connectivity index (χ3n) is 6.21. The van der Waals surface area contributed by atoms with E-state index in [0.717, 1.165) is 16.5 Å². The van der Waals surface area contributed by atoms with Gasteiger partial charge in [0.25, 0.3) is 0 Å². The Balaban J connectivity index is 2.29. The minimum Gasteiger partial charge on any atom is -0.481 e. The first-order valence-corrected chi connectivity index (χ1v) is 14.0. The summed E-state index contributed by atoms with van der Waals surface area (Å²) in [6, 6.07) is 2.94. The Kier molecular flexibility index (Phi) is 12.3. The van der Waals surface area contributed by atoms with Crippen molar-refractivity contribution >= 4 is 52.3 Å². The van der Waals surface area contributed by atoms with Gasteiger partial charge >= 0.3 is 11.9 Å². The summed E-state index contributed by atoms with van der Waals surface area (Å²) in [5.41, 5.74) is 7.44. The van der Waals surface area contributed by atoms with E-state index in [-0.39, 0.29) is 31.6 Å². The number of hydrogen-bond acceptors (Lipinski definition) is 7. The maximum atomic E-state index is 13.5. The zero-order valence-electron chi connectivity index (χ0n) is 22.2. The molecule has 13 heteroatoms. The zero-order valence-corrected chi connectivity index (χ0v) is 23.0. The Hall–Kier alpha value is -3.58. The Morgan fingerprint density at radius 1 is 0.949 bits per heavy atom. The number of para-hydroxylation sites is 1. The molecular formula is C26H37N5O7S. The summed E-state index contributed by atoms with van der Waals surface area (Å²) in [6.07, 6.45) is 3.42. The smallest absolute Gasteiger partial charge is 0.326 e. The van der Waals surface area contributed by atoms with Gasteiger partial charge in [0.2, 0.25) is 17.7 Å². The van der Waals surface area contributed by atoms with Crippen molar-refractivity contribution in [2.75, 3.05) is 12.0 Å². The van der Waals surface area contributed by atoms with Gasteiger partial charge in [-0.2, -0.15) is 11.8 Å². The second kappa shape index (κ2) is 15.1. The molecule has 1 aromatic heterocycles. The number of rotatable bonds is 16. The van der Waals surface area contributed by atoms with Crippen molar-refractivity contribution in [1.82, 2.24) is 20.9 Å². The first-order valence-electron chi connectivity index (χ1n) is 12.6. The fraction of sp³-hybridized carbons (Fsp3) is 0.500. The SMILES string of the molecule is CSCCC(NC(=O)C(Cc1c[nH]c2ccccc12)NC(=O)C(N)CCC(=O)O)C(=O)NC(C(=O)O)C(C)C. The first-order chi connectivity index (χ1) is 18.4. The number of benzene rings is 1.